The van der Waals surface area contributed by atoms with Gasteiger partial charge in [0.1, 0.15) is 5.82 Å². The quantitative estimate of drug-likeness (QED) is 0.528. The van der Waals surface area contributed by atoms with Crippen LogP contribution in [0, 0.1) is 5.82 Å². The lowest BCUT2D eigenvalue weighted by molar-refractivity contribution is -0.113. The first-order valence-corrected chi connectivity index (χ1v) is 10.0. The Balaban J connectivity index is 1.56. The molecule has 3 aromatic rings. The summed E-state index contributed by atoms with van der Waals surface area (Å²) < 4.78 is 14.9. The minimum atomic E-state index is -0.280. The Morgan fingerprint density at radius 1 is 1.11 bits per heavy atom. The van der Waals surface area contributed by atoms with Gasteiger partial charge in [0.2, 0.25) is 5.91 Å². The van der Waals surface area contributed by atoms with Gasteiger partial charge in [0.05, 0.1) is 12.3 Å². The van der Waals surface area contributed by atoms with Gasteiger partial charge in [-0.1, -0.05) is 23.4 Å². The van der Waals surface area contributed by atoms with Crippen LogP contribution in [0.25, 0.3) is 0 Å². The van der Waals surface area contributed by atoms with Crippen LogP contribution in [0.3, 0.4) is 0 Å². The van der Waals surface area contributed by atoms with E-state index >= 15 is 0 Å². The van der Waals surface area contributed by atoms with Crippen LogP contribution in [-0.2, 0) is 17.9 Å². The van der Waals surface area contributed by atoms with Gasteiger partial charge >= 0.3 is 0 Å². The molecule has 28 heavy (non-hydrogen) atoms. The number of hydrogen-bond acceptors (Lipinski definition) is 5. The number of halogens is 2. The standard InChI is InChI=1S/C19H19ClFN5OS/c1-2-26-17(11-22-15-9-5-14(21)6-10-15)24-25-19(26)28-12-18(27)23-16-7-3-13(20)4-8-16/h3-10,22H,2,11-12H2,1H3,(H,23,27). The van der Waals surface area contributed by atoms with Crippen molar-refractivity contribution in [3.63, 3.8) is 0 Å². The van der Waals surface area contributed by atoms with E-state index in [1.54, 1.807) is 36.4 Å². The Morgan fingerprint density at radius 3 is 2.46 bits per heavy atom. The summed E-state index contributed by atoms with van der Waals surface area (Å²) in [4.78, 5) is 12.2. The highest BCUT2D eigenvalue weighted by Crippen LogP contribution is 2.19. The molecule has 3 rings (SSSR count). The second-order valence-corrected chi connectivity index (χ2v) is 7.23. The van der Waals surface area contributed by atoms with Gasteiger partial charge in [-0.15, -0.1) is 10.2 Å². The van der Waals surface area contributed by atoms with Crippen LogP contribution in [0.4, 0.5) is 15.8 Å². The highest BCUT2D eigenvalue weighted by Gasteiger charge is 2.13. The van der Waals surface area contributed by atoms with Gasteiger partial charge in [-0.25, -0.2) is 4.39 Å². The second kappa shape index (κ2) is 9.57. The van der Waals surface area contributed by atoms with E-state index in [0.717, 1.165) is 11.5 Å². The number of amides is 1. The zero-order chi connectivity index (χ0) is 19.9. The minimum Gasteiger partial charge on any atom is -0.378 e. The van der Waals surface area contributed by atoms with Gasteiger partial charge in [-0.2, -0.15) is 0 Å². The van der Waals surface area contributed by atoms with E-state index in [4.69, 9.17) is 11.6 Å². The lowest BCUT2D eigenvalue weighted by Crippen LogP contribution is -2.15. The molecule has 0 fully saturated rings. The van der Waals surface area contributed by atoms with Crippen LogP contribution in [0.5, 0.6) is 0 Å². The molecule has 2 N–H and O–H groups in total. The number of carbonyl (C=O) groups excluding carboxylic acids is 1. The Labute approximate surface area is 171 Å². The summed E-state index contributed by atoms with van der Waals surface area (Å²) >= 11 is 7.16. The van der Waals surface area contributed by atoms with Crippen molar-refractivity contribution in [2.45, 2.75) is 25.2 Å². The van der Waals surface area contributed by atoms with E-state index in [0.29, 0.717) is 29.0 Å². The normalized spacial score (nSPS) is 10.7. The predicted molar refractivity (Wildman–Crippen MR) is 110 cm³/mol. The maximum atomic E-state index is 13.0. The van der Waals surface area contributed by atoms with Crippen LogP contribution < -0.4 is 10.6 Å². The van der Waals surface area contributed by atoms with Crippen LogP contribution >= 0.6 is 23.4 Å². The van der Waals surface area contributed by atoms with Crippen molar-refractivity contribution >= 4 is 40.6 Å². The first kappa shape index (κ1) is 20.2. The molecule has 0 bridgehead atoms. The molecular weight excluding hydrogens is 401 g/mol. The Kier molecular flexibility index (Phi) is 6.89. The van der Waals surface area contributed by atoms with Crippen molar-refractivity contribution in [3.8, 4) is 0 Å². The van der Waals surface area contributed by atoms with Gasteiger partial charge in [0, 0.05) is 22.9 Å². The number of hydrogen-bond donors (Lipinski definition) is 2. The Bertz CT molecular complexity index is 931. The number of benzene rings is 2. The van der Waals surface area contributed by atoms with E-state index in [1.807, 2.05) is 11.5 Å². The van der Waals surface area contributed by atoms with Gasteiger partial charge in [-0.3, -0.25) is 4.79 Å². The molecule has 1 aromatic heterocycles. The van der Waals surface area contributed by atoms with Crippen molar-refractivity contribution in [1.29, 1.82) is 0 Å². The van der Waals surface area contributed by atoms with Crippen molar-refractivity contribution < 1.29 is 9.18 Å². The molecule has 0 radical (unpaired) electrons. The fourth-order valence-corrected chi connectivity index (χ4v) is 3.43. The van der Waals surface area contributed by atoms with E-state index in [9.17, 15) is 9.18 Å². The van der Waals surface area contributed by atoms with Gasteiger partial charge in [0.15, 0.2) is 11.0 Å². The molecule has 0 aliphatic rings. The number of carbonyl (C=O) groups is 1. The zero-order valence-electron chi connectivity index (χ0n) is 15.2. The molecule has 0 aliphatic carbocycles. The highest BCUT2D eigenvalue weighted by molar-refractivity contribution is 7.99. The number of anilines is 2. The van der Waals surface area contributed by atoms with Crippen molar-refractivity contribution in [2.24, 2.45) is 0 Å². The third-order valence-electron chi connectivity index (χ3n) is 3.86. The Hall–Kier alpha value is -2.58. The van der Waals surface area contributed by atoms with Gasteiger partial charge in [0.25, 0.3) is 0 Å². The summed E-state index contributed by atoms with van der Waals surface area (Å²) in [5.74, 6) is 0.542. The molecule has 9 heteroatoms. The van der Waals surface area contributed by atoms with Crippen LogP contribution in [0.2, 0.25) is 5.02 Å². The highest BCUT2D eigenvalue weighted by atomic mass is 35.5. The summed E-state index contributed by atoms with van der Waals surface area (Å²) in [6.45, 7) is 3.11. The average molecular weight is 420 g/mol. The molecule has 0 spiro atoms. The number of thioether (sulfide) groups is 1. The lowest BCUT2D eigenvalue weighted by atomic mass is 10.3. The fraction of sp³-hybridized carbons (Fsp3) is 0.211. The van der Waals surface area contributed by atoms with Crippen molar-refractivity contribution in [1.82, 2.24) is 14.8 Å². The van der Waals surface area contributed by atoms with E-state index in [-0.39, 0.29) is 17.5 Å². The molecule has 0 unspecified atom stereocenters. The third kappa shape index (κ3) is 5.46. The smallest absolute Gasteiger partial charge is 0.234 e. The van der Waals surface area contributed by atoms with Gasteiger partial charge in [-0.05, 0) is 55.5 Å². The van der Waals surface area contributed by atoms with Crippen LogP contribution in [0.15, 0.2) is 53.7 Å². The molecule has 1 amide bonds. The van der Waals surface area contributed by atoms with E-state index < -0.39 is 0 Å². The zero-order valence-corrected chi connectivity index (χ0v) is 16.7. The lowest BCUT2D eigenvalue weighted by Gasteiger charge is -2.09. The first-order chi connectivity index (χ1) is 13.5. The second-order valence-electron chi connectivity index (χ2n) is 5.85. The third-order valence-corrected chi connectivity index (χ3v) is 5.08. The molecular formula is C19H19ClFN5OS. The summed E-state index contributed by atoms with van der Waals surface area (Å²) in [5.41, 5.74) is 1.49. The van der Waals surface area contributed by atoms with Gasteiger partial charge < -0.3 is 15.2 Å². The maximum Gasteiger partial charge on any atom is 0.234 e. The number of nitrogens with zero attached hydrogens (tertiary/aromatic N) is 3. The molecule has 0 saturated carbocycles. The SMILES string of the molecule is CCn1c(CNc2ccc(F)cc2)nnc1SCC(=O)Nc1ccc(Cl)cc1. The topological polar surface area (TPSA) is 71.8 Å². The molecule has 0 aliphatic heterocycles. The minimum absolute atomic E-state index is 0.135. The summed E-state index contributed by atoms with van der Waals surface area (Å²) in [6.07, 6.45) is 0. The molecule has 2 aromatic carbocycles. The number of aromatic nitrogens is 3. The van der Waals surface area contributed by atoms with E-state index in [2.05, 4.69) is 20.8 Å². The van der Waals surface area contributed by atoms with Crippen LogP contribution in [-0.4, -0.2) is 26.4 Å². The fourth-order valence-electron chi connectivity index (χ4n) is 2.48. The molecule has 6 nitrogen and oxygen atoms in total. The maximum absolute atomic E-state index is 13.0. The summed E-state index contributed by atoms with van der Waals surface area (Å²) in [6, 6.07) is 13.1. The first-order valence-electron chi connectivity index (χ1n) is 8.65. The van der Waals surface area contributed by atoms with Crippen molar-refractivity contribution in [3.05, 3.63) is 65.2 Å². The molecule has 146 valence electrons. The number of nitrogens with one attached hydrogen (secondary N) is 2. The van der Waals surface area contributed by atoms with E-state index in [1.165, 1.54) is 23.9 Å². The number of rotatable bonds is 8. The monoisotopic (exact) mass is 419 g/mol. The average Bonchev–Trinajstić information content (AvgIpc) is 3.09. The molecule has 0 saturated heterocycles. The molecule has 0 atom stereocenters. The van der Waals surface area contributed by atoms with Crippen LogP contribution in [0.1, 0.15) is 12.7 Å². The predicted octanol–water partition coefficient (Wildman–Crippen LogP) is 4.43. The summed E-state index contributed by atoms with van der Waals surface area (Å²) in [5, 5.41) is 15.7. The van der Waals surface area contributed by atoms with Crippen molar-refractivity contribution in [2.75, 3.05) is 16.4 Å². The largest absolute Gasteiger partial charge is 0.378 e. The molecule has 1 heterocycles. The summed E-state index contributed by atoms with van der Waals surface area (Å²) in [7, 11) is 0. The Morgan fingerprint density at radius 2 is 1.79 bits per heavy atom.